The third kappa shape index (κ3) is 2.62. The van der Waals surface area contributed by atoms with Crippen LogP contribution in [0.4, 0.5) is 0 Å². The molecule has 4 rings (SSSR count). The number of rotatable bonds is 3. The van der Waals surface area contributed by atoms with Gasteiger partial charge in [-0.25, -0.2) is 0 Å². The van der Waals surface area contributed by atoms with Crippen molar-refractivity contribution >= 4 is 17.5 Å². The van der Waals surface area contributed by atoms with Crippen LogP contribution >= 0.6 is 11.6 Å². The molecular weight excluding hydrogens is 424 g/mol. The van der Waals surface area contributed by atoms with Crippen LogP contribution in [0.25, 0.3) is 0 Å². The smallest absolute Gasteiger partial charge is 0.244 e. The van der Waals surface area contributed by atoms with E-state index >= 15 is 0 Å². The largest absolute Gasteiger partial charge is 0.443 e. The molecule has 1 N–H and O–H groups in total. The normalized spacial score (nSPS) is 34.9. The summed E-state index contributed by atoms with van der Waals surface area (Å²) in [5.41, 5.74) is -1.25. The zero-order valence-corrected chi connectivity index (χ0v) is 18.7. The molecule has 2 saturated heterocycles. The average Bonchev–Trinajstić information content (AvgIpc) is 2.96. The van der Waals surface area contributed by atoms with Gasteiger partial charge in [-0.2, -0.15) is 15.8 Å². The Kier molecular flexibility index (Phi) is 5.17. The Bertz CT molecular complexity index is 1140. The minimum Gasteiger partial charge on any atom is -0.443 e. The van der Waals surface area contributed by atoms with Crippen LogP contribution in [-0.2, 0) is 15.3 Å². The van der Waals surface area contributed by atoms with Crippen LogP contribution in [0.3, 0.4) is 0 Å². The lowest BCUT2D eigenvalue weighted by molar-refractivity contribution is -0.276. The molecule has 0 aromatic heterocycles. The molecular formula is C25H23ClN4O2. The molecule has 0 radical (unpaired) electrons. The predicted molar refractivity (Wildman–Crippen MR) is 118 cm³/mol. The summed E-state index contributed by atoms with van der Waals surface area (Å²) in [5, 5.41) is 40.1. The second kappa shape index (κ2) is 7.49. The maximum Gasteiger partial charge on any atom is 0.244 e. The third-order valence-electron chi connectivity index (χ3n) is 7.40. The van der Waals surface area contributed by atoms with Crippen LogP contribution < -0.4 is 0 Å². The van der Waals surface area contributed by atoms with Crippen LogP contribution in [0, 0.1) is 62.1 Å². The second-order valence-corrected chi connectivity index (χ2v) is 9.31. The molecule has 2 aliphatic heterocycles. The van der Waals surface area contributed by atoms with Crippen LogP contribution in [0.5, 0.6) is 0 Å². The fraction of sp³-hybridized carbons (Fsp3) is 0.440. The Hall–Kier alpha value is -3.11. The Morgan fingerprint density at radius 1 is 1.19 bits per heavy atom. The zero-order chi connectivity index (χ0) is 23.3. The Balaban J connectivity index is 1.93. The van der Waals surface area contributed by atoms with Crippen LogP contribution in [0.15, 0.2) is 48.1 Å². The Labute approximate surface area is 192 Å². The number of allylic oxidation sites excluding steroid dienone is 2. The van der Waals surface area contributed by atoms with Gasteiger partial charge in [0.2, 0.25) is 17.1 Å². The monoisotopic (exact) mass is 446 g/mol. The maximum atomic E-state index is 10.4. The van der Waals surface area contributed by atoms with Gasteiger partial charge in [0.15, 0.2) is 5.41 Å². The van der Waals surface area contributed by atoms with Gasteiger partial charge in [-0.1, -0.05) is 48.9 Å². The summed E-state index contributed by atoms with van der Waals surface area (Å²) in [5.74, 6) is -2.35. The van der Waals surface area contributed by atoms with Crippen molar-refractivity contribution in [3.8, 4) is 18.2 Å². The highest BCUT2D eigenvalue weighted by Gasteiger charge is 2.79. The molecule has 32 heavy (non-hydrogen) atoms. The standard InChI is InChI=1S/C25H23ClN4O2/c1-15(2)17-4-6-18(7-5-17)21-23(12-27,13-28)24(14-29)16(3)25(31-21,32-22(24)30)19-8-10-20(26)11-9-19/h6,8-11,16-17,21,30H,1,4-5,7H2,2-3H3. The molecule has 2 heterocycles. The third-order valence-corrected chi connectivity index (χ3v) is 7.65. The molecule has 5 unspecified atom stereocenters. The number of benzene rings is 1. The fourth-order valence-corrected chi connectivity index (χ4v) is 5.55. The van der Waals surface area contributed by atoms with E-state index in [0.717, 1.165) is 24.0 Å². The molecule has 3 aliphatic rings. The molecule has 2 bridgehead atoms. The van der Waals surface area contributed by atoms with E-state index in [9.17, 15) is 15.8 Å². The lowest BCUT2D eigenvalue weighted by Gasteiger charge is -2.49. The zero-order valence-electron chi connectivity index (χ0n) is 18.0. The first-order valence-electron chi connectivity index (χ1n) is 10.5. The first-order valence-corrected chi connectivity index (χ1v) is 10.9. The van der Waals surface area contributed by atoms with Crippen molar-refractivity contribution in [2.75, 3.05) is 0 Å². The van der Waals surface area contributed by atoms with Crippen molar-refractivity contribution in [2.45, 2.75) is 45.0 Å². The van der Waals surface area contributed by atoms with Crippen molar-refractivity contribution in [1.29, 1.82) is 21.2 Å². The molecule has 1 aliphatic carbocycles. The molecule has 0 amide bonds. The van der Waals surface area contributed by atoms with E-state index in [-0.39, 0.29) is 0 Å². The van der Waals surface area contributed by atoms with E-state index < -0.39 is 34.5 Å². The summed E-state index contributed by atoms with van der Waals surface area (Å²) in [4.78, 5) is 0. The number of halogens is 1. The summed E-state index contributed by atoms with van der Waals surface area (Å²) >= 11 is 6.07. The first-order chi connectivity index (χ1) is 15.2. The highest BCUT2D eigenvalue weighted by molar-refractivity contribution is 6.30. The van der Waals surface area contributed by atoms with Gasteiger partial charge in [-0.3, -0.25) is 5.41 Å². The van der Waals surface area contributed by atoms with E-state index in [4.69, 9.17) is 26.5 Å². The fourth-order valence-electron chi connectivity index (χ4n) is 5.43. The number of fused-ring (bicyclic) bond motifs is 2. The van der Waals surface area contributed by atoms with Gasteiger partial charge in [0, 0.05) is 10.6 Å². The van der Waals surface area contributed by atoms with Crippen molar-refractivity contribution < 1.29 is 9.47 Å². The number of hydrogen-bond donors (Lipinski definition) is 1. The SMILES string of the molecule is C=C(C)C1CC=C(C2OC3(c4ccc(Cl)cc4)OC(=N)C(C#N)(C3C)C2(C#N)C#N)CC1. The molecule has 6 nitrogen and oxygen atoms in total. The molecule has 1 aromatic rings. The molecule has 7 heteroatoms. The quantitative estimate of drug-likeness (QED) is 0.626. The summed E-state index contributed by atoms with van der Waals surface area (Å²) in [6.07, 6.45) is 3.12. The molecule has 2 fully saturated rings. The molecule has 0 saturated carbocycles. The van der Waals surface area contributed by atoms with Crippen LogP contribution in [0.1, 0.15) is 38.7 Å². The maximum absolute atomic E-state index is 10.4. The minimum atomic E-state index is -1.92. The van der Waals surface area contributed by atoms with E-state index in [0.29, 0.717) is 22.9 Å². The second-order valence-electron chi connectivity index (χ2n) is 8.87. The van der Waals surface area contributed by atoms with Gasteiger partial charge in [0.25, 0.3) is 0 Å². The van der Waals surface area contributed by atoms with E-state index in [1.54, 1.807) is 31.2 Å². The lowest BCUT2D eigenvalue weighted by Crippen LogP contribution is -2.61. The number of hydrogen-bond acceptors (Lipinski definition) is 6. The molecule has 5 atom stereocenters. The number of nitrogens with one attached hydrogen (secondary N) is 1. The van der Waals surface area contributed by atoms with Gasteiger partial charge in [-0.15, -0.1) is 0 Å². The molecule has 0 spiro atoms. The highest BCUT2D eigenvalue weighted by atomic mass is 35.5. The van der Waals surface area contributed by atoms with Crippen LogP contribution in [0.2, 0.25) is 5.02 Å². The van der Waals surface area contributed by atoms with E-state index in [2.05, 4.69) is 24.8 Å². The molecule has 1 aromatic carbocycles. The van der Waals surface area contributed by atoms with Crippen molar-refractivity contribution in [3.05, 3.63) is 58.7 Å². The first kappa shape index (κ1) is 22.1. The summed E-state index contributed by atoms with van der Waals surface area (Å²) in [7, 11) is 0. The van der Waals surface area contributed by atoms with Crippen molar-refractivity contribution in [3.63, 3.8) is 0 Å². The number of nitrogens with zero attached hydrogens (tertiary/aromatic N) is 3. The van der Waals surface area contributed by atoms with Gasteiger partial charge in [-0.05, 0) is 49.8 Å². The predicted octanol–water partition coefficient (Wildman–Crippen LogP) is 5.38. The Morgan fingerprint density at radius 3 is 2.34 bits per heavy atom. The topological polar surface area (TPSA) is 114 Å². The van der Waals surface area contributed by atoms with E-state index in [1.807, 2.05) is 13.0 Å². The van der Waals surface area contributed by atoms with Crippen molar-refractivity contribution in [2.24, 2.45) is 22.7 Å². The summed E-state index contributed by atoms with van der Waals surface area (Å²) in [6, 6.07) is 13.2. The Morgan fingerprint density at radius 2 is 1.84 bits per heavy atom. The average molecular weight is 447 g/mol. The summed E-state index contributed by atoms with van der Waals surface area (Å²) in [6.45, 7) is 7.74. The summed E-state index contributed by atoms with van der Waals surface area (Å²) < 4.78 is 12.5. The number of ether oxygens (including phenoxy) is 2. The highest BCUT2D eigenvalue weighted by Crippen LogP contribution is 2.66. The van der Waals surface area contributed by atoms with Crippen LogP contribution in [-0.4, -0.2) is 12.0 Å². The molecule has 162 valence electrons. The van der Waals surface area contributed by atoms with Gasteiger partial charge < -0.3 is 9.47 Å². The number of nitriles is 3. The van der Waals surface area contributed by atoms with Crippen molar-refractivity contribution in [1.82, 2.24) is 0 Å². The lowest BCUT2D eigenvalue weighted by atomic mass is 9.53. The van der Waals surface area contributed by atoms with Gasteiger partial charge in [0.1, 0.15) is 6.10 Å². The van der Waals surface area contributed by atoms with Gasteiger partial charge >= 0.3 is 0 Å². The minimum absolute atomic E-state index is 0.321. The van der Waals surface area contributed by atoms with Gasteiger partial charge in [0.05, 0.1) is 24.1 Å². The van der Waals surface area contributed by atoms with E-state index in [1.165, 1.54) is 0 Å².